The number of amides is 2. The van der Waals surface area contributed by atoms with E-state index in [1.54, 1.807) is 25.1 Å². The van der Waals surface area contributed by atoms with Crippen LogP contribution in [-0.2, 0) is 4.79 Å². The minimum Gasteiger partial charge on any atom is -0.350 e. The van der Waals surface area contributed by atoms with Crippen molar-refractivity contribution in [2.45, 2.75) is 31.7 Å². The molecule has 2 aromatic rings. The van der Waals surface area contributed by atoms with E-state index in [0.717, 1.165) is 0 Å². The van der Waals surface area contributed by atoms with Gasteiger partial charge in [0.25, 0.3) is 11.8 Å². The summed E-state index contributed by atoms with van der Waals surface area (Å²) in [5.74, 6) is -3.50. The lowest BCUT2D eigenvalue weighted by Gasteiger charge is -2.21. The molecule has 1 aromatic carbocycles. The minimum atomic E-state index is -2.68. The Morgan fingerprint density at radius 3 is 2.56 bits per heavy atom. The molecule has 1 aliphatic carbocycles. The van der Waals surface area contributed by atoms with Crippen LogP contribution in [0.3, 0.4) is 0 Å². The summed E-state index contributed by atoms with van der Waals surface area (Å²) in [6.07, 6.45) is 0.140. The predicted octanol–water partition coefficient (Wildman–Crippen LogP) is 3.85. The molecule has 2 heterocycles. The average molecular weight is 416 g/mol. The molecular formula is C18H17Cl2F2N3O2. The Labute approximate surface area is 164 Å². The fourth-order valence-electron chi connectivity index (χ4n) is 3.74. The van der Waals surface area contributed by atoms with Crippen LogP contribution in [0.5, 0.6) is 0 Å². The van der Waals surface area contributed by atoms with Gasteiger partial charge in [-0.15, -0.1) is 0 Å². The van der Waals surface area contributed by atoms with E-state index >= 15 is 0 Å². The number of rotatable bonds is 3. The summed E-state index contributed by atoms with van der Waals surface area (Å²) < 4.78 is 27.0. The number of halogens is 4. The molecule has 144 valence electrons. The van der Waals surface area contributed by atoms with Gasteiger partial charge in [-0.3, -0.25) is 9.59 Å². The van der Waals surface area contributed by atoms with Gasteiger partial charge in [0, 0.05) is 30.4 Å². The molecule has 1 aliphatic heterocycles. The van der Waals surface area contributed by atoms with Crippen molar-refractivity contribution < 1.29 is 18.4 Å². The van der Waals surface area contributed by atoms with Gasteiger partial charge in [0.15, 0.2) is 0 Å². The number of alkyl halides is 2. The van der Waals surface area contributed by atoms with E-state index in [1.165, 1.54) is 4.90 Å². The van der Waals surface area contributed by atoms with Gasteiger partial charge in [0.05, 0.1) is 15.5 Å². The highest BCUT2D eigenvalue weighted by Crippen LogP contribution is 2.65. The van der Waals surface area contributed by atoms with Gasteiger partial charge < -0.3 is 15.2 Å². The number of nitrogens with zero attached hydrogens (tertiary/aromatic N) is 1. The second kappa shape index (κ2) is 6.07. The summed E-state index contributed by atoms with van der Waals surface area (Å²) >= 11 is 11.9. The highest BCUT2D eigenvalue weighted by Gasteiger charge is 2.73. The Balaban J connectivity index is 1.43. The molecule has 0 radical (unpaired) electrons. The maximum absolute atomic E-state index is 13.5. The van der Waals surface area contributed by atoms with E-state index < -0.39 is 23.3 Å². The highest BCUT2D eigenvalue weighted by molar-refractivity contribution is 6.42. The Bertz CT molecular complexity index is 922. The van der Waals surface area contributed by atoms with Crippen molar-refractivity contribution in [3.05, 3.63) is 33.9 Å². The van der Waals surface area contributed by atoms with E-state index in [-0.39, 0.29) is 31.1 Å². The molecule has 1 aromatic heterocycles. The molecule has 2 aliphatic rings. The molecule has 27 heavy (non-hydrogen) atoms. The number of H-pyrrole nitrogens is 1. The van der Waals surface area contributed by atoms with Crippen molar-refractivity contribution in [1.82, 2.24) is 15.2 Å². The number of carbonyl (C=O) groups is 2. The smallest absolute Gasteiger partial charge is 0.268 e. The third-order valence-electron chi connectivity index (χ3n) is 5.50. The fourth-order valence-corrected chi connectivity index (χ4v) is 4.08. The third kappa shape index (κ3) is 3.06. The molecule has 1 saturated carbocycles. The standard InChI is InChI=1S/C18H17Cl2F2N3O2/c1-9(16(27)25-3-2-17(8-25)7-18(17,21)22)23-15(26)14-5-10-4-11(19)12(20)6-13(10)24-14/h4-6,9,24H,2-3,7-8H2,1H3,(H,23,26)/t9-,17+/m0/s1. The molecular weight excluding hydrogens is 399 g/mol. The van der Waals surface area contributed by atoms with Crippen LogP contribution >= 0.6 is 23.2 Å². The monoisotopic (exact) mass is 415 g/mol. The highest BCUT2D eigenvalue weighted by atomic mass is 35.5. The van der Waals surface area contributed by atoms with Crippen LogP contribution in [0.4, 0.5) is 8.78 Å². The summed E-state index contributed by atoms with van der Waals surface area (Å²) in [6, 6.07) is 4.04. The van der Waals surface area contributed by atoms with E-state index in [0.29, 0.717) is 27.4 Å². The number of hydrogen-bond donors (Lipinski definition) is 2. The number of benzene rings is 1. The van der Waals surface area contributed by atoms with Gasteiger partial charge in [-0.1, -0.05) is 23.2 Å². The molecule has 2 fully saturated rings. The lowest BCUT2D eigenvalue weighted by Crippen LogP contribution is -2.46. The number of carbonyl (C=O) groups excluding carboxylic acids is 2. The maximum atomic E-state index is 13.5. The largest absolute Gasteiger partial charge is 0.350 e. The minimum absolute atomic E-state index is 0.0441. The predicted molar refractivity (Wildman–Crippen MR) is 98.4 cm³/mol. The summed E-state index contributed by atoms with van der Waals surface area (Å²) in [5, 5.41) is 4.07. The second-order valence-electron chi connectivity index (χ2n) is 7.40. The molecule has 2 N–H and O–H groups in total. The van der Waals surface area contributed by atoms with Gasteiger partial charge >= 0.3 is 0 Å². The van der Waals surface area contributed by atoms with Crippen molar-refractivity contribution in [1.29, 1.82) is 0 Å². The second-order valence-corrected chi connectivity index (χ2v) is 8.22. The summed E-state index contributed by atoms with van der Waals surface area (Å²) in [6.45, 7) is 1.88. The van der Waals surface area contributed by atoms with Gasteiger partial charge in [0.1, 0.15) is 11.7 Å². The molecule has 9 heteroatoms. The first-order valence-electron chi connectivity index (χ1n) is 8.57. The van der Waals surface area contributed by atoms with Crippen molar-refractivity contribution in [2.75, 3.05) is 13.1 Å². The number of aromatic amines is 1. The molecule has 5 nitrogen and oxygen atoms in total. The van der Waals surface area contributed by atoms with Crippen LogP contribution < -0.4 is 5.32 Å². The van der Waals surface area contributed by atoms with Crippen molar-refractivity contribution in [3.8, 4) is 0 Å². The SMILES string of the molecule is C[C@H](NC(=O)c1cc2cc(Cl)c(Cl)cc2[nH]1)C(=O)N1CC[C@]2(C1)CC2(F)F. The first-order valence-corrected chi connectivity index (χ1v) is 9.33. The normalized spacial score (nSPS) is 24.4. The number of fused-ring (bicyclic) bond motifs is 1. The Morgan fingerprint density at radius 2 is 1.93 bits per heavy atom. The molecule has 1 spiro atoms. The van der Waals surface area contributed by atoms with Crippen LogP contribution in [0.1, 0.15) is 30.3 Å². The van der Waals surface area contributed by atoms with Crippen molar-refractivity contribution in [2.24, 2.45) is 5.41 Å². The molecule has 0 unspecified atom stereocenters. The molecule has 0 bridgehead atoms. The number of likely N-dealkylation sites (tertiary alicyclic amines) is 1. The fraction of sp³-hybridized carbons (Fsp3) is 0.444. The van der Waals surface area contributed by atoms with Crippen molar-refractivity contribution >= 4 is 45.9 Å². The molecule has 2 amide bonds. The number of hydrogen-bond acceptors (Lipinski definition) is 2. The van der Waals surface area contributed by atoms with Gasteiger partial charge in [-0.2, -0.15) is 0 Å². The van der Waals surface area contributed by atoms with Gasteiger partial charge in [0.2, 0.25) is 5.91 Å². The van der Waals surface area contributed by atoms with E-state index in [9.17, 15) is 18.4 Å². The molecule has 2 atom stereocenters. The van der Waals surface area contributed by atoms with Crippen molar-refractivity contribution in [3.63, 3.8) is 0 Å². The topological polar surface area (TPSA) is 65.2 Å². The Kier molecular flexibility index (Phi) is 4.16. The molecule has 1 saturated heterocycles. The summed E-state index contributed by atoms with van der Waals surface area (Å²) in [5.41, 5.74) is -0.150. The maximum Gasteiger partial charge on any atom is 0.268 e. The number of aromatic nitrogens is 1. The zero-order valence-corrected chi connectivity index (χ0v) is 15.9. The summed E-state index contributed by atoms with van der Waals surface area (Å²) in [7, 11) is 0. The first kappa shape index (κ1) is 18.5. The van der Waals surface area contributed by atoms with E-state index in [1.807, 2.05) is 0 Å². The van der Waals surface area contributed by atoms with Gasteiger partial charge in [-0.25, -0.2) is 8.78 Å². The lowest BCUT2D eigenvalue weighted by atomic mass is 10.1. The van der Waals surface area contributed by atoms with E-state index in [2.05, 4.69) is 10.3 Å². The van der Waals surface area contributed by atoms with Crippen LogP contribution in [0.25, 0.3) is 10.9 Å². The third-order valence-corrected chi connectivity index (χ3v) is 6.22. The first-order chi connectivity index (χ1) is 12.6. The van der Waals surface area contributed by atoms with Crippen LogP contribution in [0, 0.1) is 5.41 Å². The van der Waals surface area contributed by atoms with Crippen LogP contribution in [0.15, 0.2) is 18.2 Å². The lowest BCUT2D eigenvalue weighted by molar-refractivity contribution is -0.132. The van der Waals surface area contributed by atoms with E-state index in [4.69, 9.17) is 23.2 Å². The number of nitrogens with one attached hydrogen (secondary N) is 2. The summed E-state index contributed by atoms with van der Waals surface area (Å²) in [4.78, 5) is 29.3. The zero-order valence-electron chi connectivity index (χ0n) is 14.4. The molecule has 4 rings (SSSR count). The quantitative estimate of drug-likeness (QED) is 0.799. The van der Waals surface area contributed by atoms with Crippen LogP contribution in [0.2, 0.25) is 10.0 Å². The Hall–Kier alpha value is -1.86. The van der Waals surface area contributed by atoms with Gasteiger partial charge in [-0.05, 0) is 31.5 Å². The van der Waals surface area contributed by atoms with Crippen LogP contribution in [-0.4, -0.2) is 46.8 Å². The average Bonchev–Trinajstić information content (AvgIpc) is 2.97. The zero-order chi connectivity index (χ0) is 19.6. The Morgan fingerprint density at radius 1 is 1.26 bits per heavy atom.